The fraction of sp³-hybridized carbons (Fsp3) is 0.121. The first kappa shape index (κ1) is 22.4. The Morgan fingerprint density at radius 3 is 2.39 bits per heavy atom. The summed E-state index contributed by atoms with van der Waals surface area (Å²) in [6, 6.07) is 27.2. The van der Waals surface area contributed by atoms with E-state index in [4.69, 9.17) is 14.4 Å². The van der Waals surface area contributed by atoms with Crippen LogP contribution in [-0.2, 0) is 0 Å². The lowest BCUT2D eigenvalue weighted by Crippen LogP contribution is -2.01. The van der Waals surface area contributed by atoms with Crippen LogP contribution in [0.2, 0.25) is 0 Å². The number of fused-ring (bicyclic) bond motifs is 4. The van der Waals surface area contributed by atoms with Gasteiger partial charge in [-0.25, -0.2) is 4.98 Å². The first-order valence-corrected chi connectivity index (χ1v) is 12.9. The Bertz CT molecular complexity index is 1950. The molecule has 0 amide bonds. The highest BCUT2D eigenvalue weighted by molar-refractivity contribution is 6.08. The Labute approximate surface area is 220 Å². The van der Waals surface area contributed by atoms with E-state index in [0.29, 0.717) is 0 Å². The summed E-state index contributed by atoms with van der Waals surface area (Å²) >= 11 is 0. The van der Waals surface area contributed by atoms with Gasteiger partial charge in [0, 0.05) is 23.5 Å². The molecule has 5 heteroatoms. The third-order valence-electron chi connectivity index (χ3n) is 7.27. The van der Waals surface area contributed by atoms with Crippen molar-refractivity contribution < 1.29 is 4.42 Å². The second-order valence-electron chi connectivity index (χ2n) is 10.0. The van der Waals surface area contributed by atoms with Crippen molar-refractivity contribution >= 4 is 33.1 Å². The zero-order chi connectivity index (χ0) is 25.8. The quantitative estimate of drug-likeness (QED) is 0.246. The van der Waals surface area contributed by atoms with E-state index in [1.807, 2.05) is 42.9 Å². The molecule has 0 radical (unpaired) electrons. The second kappa shape index (κ2) is 8.67. The van der Waals surface area contributed by atoms with Crippen LogP contribution in [-0.4, -0.2) is 19.5 Å². The molecule has 0 N–H and O–H groups in total. The summed E-state index contributed by atoms with van der Waals surface area (Å²) in [4.78, 5) is 14.4. The summed E-state index contributed by atoms with van der Waals surface area (Å²) in [6.07, 6.45) is 5.66. The lowest BCUT2D eigenvalue weighted by Gasteiger charge is -2.14. The molecule has 3 aromatic carbocycles. The van der Waals surface area contributed by atoms with Gasteiger partial charge >= 0.3 is 0 Å². The smallest absolute Gasteiger partial charge is 0.164 e. The van der Waals surface area contributed by atoms with Crippen LogP contribution in [0.15, 0.2) is 102 Å². The van der Waals surface area contributed by atoms with E-state index in [0.717, 1.165) is 61.3 Å². The fourth-order valence-electron chi connectivity index (χ4n) is 5.39. The summed E-state index contributed by atoms with van der Waals surface area (Å²) in [7, 11) is 0. The number of aromatic nitrogens is 4. The monoisotopic (exact) mass is 494 g/mol. The number of furan rings is 1. The molecular weight excluding hydrogens is 468 g/mol. The van der Waals surface area contributed by atoms with Crippen LogP contribution in [0, 0.1) is 6.92 Å². The first-order chi connectivity index (χ1) is 18.6. The number of hydrogen-bond acceptors (Lipinski definition) is 4. The topological polar surface area (TPSA) is 56.7 Å². The van der Waals surface area contributed by atoms with Crippen molar-refractivity contribution in [1.82, 2.24) is 19.5 Å². The van der Waals surface area contributed by atoms with E-state index >= 15 is 0 Å². The molecule has 4 aromatic heterocycles. The minimum Gasteiger partial charge on any atom is -0.454 e. The first-order valence-electron chi connectivity index (χ1n) is 12.9. The SMILES string of the molecule is Cc1cccc2oc3c(-c4nc5cncc(C(C)C)c5n4-c4ccc(-c5ccccc5)cc4)ccnc3c12. The predicted molar refractivity (Wildman–Crippen MR) is 154 cm³/mol. The van der Waals surface area contributed by atoms with Gasteiger partial charge in [0.05, 0.1) is 17.3 Å². The molecule has 0 unspecified atom stereocenters. The van der Waals surface area contributed by atoms with Gasteiger partial charge in [-0.15, -0.1) is 0 Å². The van der Waals surface area contributed by atoms with E-state index < -0.39 is 0 Å². The molecule has 0 atom stereocenters. The summed E-state index contributed by atoms with van der Waals surface area (Å²) in [5.41, 5.74) is 11.0. The summed E-state index contributed by atoms with van der Waals surface area (Å²) in [6.45, 7) is 6.48. The molecule has 0 spiro atoms. The maximum absolute atomic E-state index is 6.43. The zero-order valence-corrected chi connectivity index (χ0v) is 21.5. The highest BCUT2D eigenvalue weighted by atomic mass is 16.3. The van der Waals surface area contributed by atoms with Gasteiger partial charge in [-0.2, -0.15) is 0 Å². The highest BCUT2D eigenvalue weighted by Crippen LogP contribution is 2.39. The van der Waals surface area contributed by atoms with E-state index in [1.54, 1.807) is 0 Å². The van der Waals surface area contributed by atoms with Crippen molar-refractivity contribution in [2.45, 2.75) is 26.7 Å². The lowest BCUT2D eigenvalue weighted by atomic mass is 10.0. The van der Waals surface area contributed by atoms with Crippen molar-refractivity contribution in [1.29, 1.82) is 0 Å². The van der Waals surface area contributed by atoms with Crippen LogP contribution >= 0.6 is 0 Å². The fourth-order valence-corrected chi connectivity index (χ4v) is 5.39. The summed E-state index contributed by atoms with van der Waals surface area (Å²) in [5.74, 6) is 1.09. The van der Waals surface area contributed by atoms with E-state index in [9.17, 15) is 0 Å². The van der Waals surface area contributed by atoms with E-state index in [2.05, 4.69) is 84.9 Å². The minimum absolute atomic E-state index is 0.282. The maximum Gasteiger partial charge on any atom is 0.164 e. The molecule has 4 heterocycles. The molecule has 7 rings (SSSR count). The van der Waals surface area contributed by atoms with E-state index in [1.165, 1.54) is 11.1 Å². The molecule has 0 aliphatic rings. The third-order valence-corrected chi connectivity index (χ3v) is 7.27. The number of benzene rings is 3. The highest BCUT2D eigenvalue weighted by Gasteiger charge is 2.23. The third kappa shape index (κ3) is 3.43. The second-order valence-corrected chi connectivity index (χ2v) is 10.0. The molecule has 0 bridgehead atoms. The number of rotatable bonds is 4. The largest absolute Gasteiger partial charge is 0.454 e. The maximum atomic E-state index is 6.43. The molecule has 0 saturated carbocycles. The van der Waals surface area contributed by atoms with Crippen molar-refractivity contribution in [3.8, 4) is 28.2 Å². The normalized spacial score (nSPS) is 11.8. The molecule has 0 saturated heterocycles. The minimum atomic E-state index is 0.282. The van der Waals surface area contributed by atoms with Gasteiger partial charge in [0.25, 0.3) is 0 Å². The average Bonchev–Trinajstić information content (AvgIpc) is 3.53. The van der Waals surface area contributed by atoms with Gasteiger partial charge < -0.3 is 4.42 Å². The van der Waals surface area contributed by atoms with Crippen molar-refractivity contribution in [2.75, 3.05) is 0 Å². The Morgan fingerprint density at radius 2 is 1.61 bits per heavy atom. The van der Waals surface area contributed by atoms with Crippen LogP contribution < -0.4 is 0 Å². The van der Waals surface area contributed by atoms with Gasteiger partial charge in [-0.05, 0) is 59.4 Å². The van der Waals surface area contributed by atoms with Crippen molar-refractivity contribution in [2.24, 2.45) is 0 Å². The van der Waals surface area contributed by atoms with Crippen LogP contribution in [0.3, 0.4) is 0 Å². The van der Waals surface area contributed by atoms with Crippen molar-refractivity contribution in [3.05, 3.63) is 109 Å². The van der Waals surface area contributed by atoms with Crippen LogP contribution in [0.5, 0.6) is 0 Å². The van der Waals surface area contributed by atoms with Crippen LogP contribution in [0.25, 0.3) is 61.3 Å². The molecule has 5 nitrogen and oxygen atoms in total. The van der Waals surface area contributed by atoms with Crippen LogP contribution in [0.4, 0.5) is 0 Å². The van der Waals surface area contributed by atoms with Gasteiger partial charge in [-0.1, -0.05) is 68.4 Å². The number of aryl methyl sites for hydroxylation is 1. The van der Waals surface area contributed by atoms with Gasteiger partial charge in [-0.3, -0.25) is 14.5 Å². The summed E-state index contributed by atoms with van der Waals surface area (Å²) < 4.78 is 8.67. The number of nitrogens with zero attached hydrogens (tertiary/aromatic N) is 4. The van der Waals surface area contributed by atoms with Gasteiger partial charge in [0.1, 0.15) is 22.4 Å². The number of hydrogen-bond donors (Lipinski definition) is 0. The zero-order valence-electron chi connectivity index (χ0n) is 21.5. The number of pyridine rings is 2. The number of imidazole rings is 1. The molecule has 0 aliphatic carbocycles. The Balaban J connectivity index is 1.53. The molecular formula is C33H26N4O. The molecule has 7 aromatic rings. The molecule has 0 fully saturated rings. The van der Waals surface area contributed by atoms with Gasteiger partial charge in [0.2, 0.25) is 0 Å². The lowest BCUT2D eigenvalue weighted by molar-refractivity contribution is 0.668. The Morgan fingerprint density at radius 1 is 0.816 bits per heavy atom. The molecule has 0 aliphatic heterocycles. The van der Waals surface area contributed by atoms with Gasteiger partial charge in [0.15, 0.2) is 5.58 Å². The standard InChI is InChI=1S/C33H26N4O/c1-20(2)26-18-34-19-27-31(26)37(24-14-12-23(13-15-24)22-9-5-4-6-10-22)33(36-27)25-16-17-35-30-29-21(3)8-7-11-28(29)38-32(25)30/h4-20H,1-3H3. The van der Waals surface area contributed by atoms with Crippen molar-refractivity contribution in [3.63, 3.8) is 0 Å². The summed E-state index contributed by atoms with van der Waals surface area (Å²) in [5, 5.41) is 1.05. The Kier molecular flexibility index (Phi) is 5.11. The molecule has 38 heavy (non-hydrogen) atoms. The van der Waals surface area contributed by atoms with E-state index in [-0.39, 0.29) is 5.92 Å². The molecule has 184 valence electrons. The van der Waals surface area contributed by atoms with Crippen LogP contribution in [0.1, 0.15) is 30.9 Å². The Hall–Kier alpha value is -4.77. The predicted octanol–water partition coefficient (Wildman–Crippen LogP) is 8.48. The average molecular weight is 495 g/mol.